The fourth-order valence-electron chi connectivity index (χ4n) is 1.72. The second kappa shape index (κ2) is 7.93. The van der Waals surface area contributed by atoms with Crippen LogP contribution in [0.15, 0.2) is 12.1 Å². The van der Waals surface area contributed by atoms with Crippen LogP contribution in [0.2, 0.25) is 5.15 Å². The van der Waals surface area contributed by atoms with Crippen molar-refractivity contribution in [2.75, 3.05) is 19.1 Å². The van der Waals surface area contributed by atoms with Crippen LogP contribution in [0.4, 0.5) is 5.82 Å². The van der Waals surface area contributed by atoms with E-state index in [1.807, 2.05) is 0 Å². The standard InChI is InChI=1S/C12H19ClN4O2/c1-3-4-9(7-19-2)15-12(18)8-5-10(13)16-11(6-8)17-14/h5-6,9H,3-4,7,14H2,1-2H3,(H,15,18)(H,16,17). The summed E-state index contributed by atoms with van der Waals surface area (Å²) < 4.78 is 5.08. The van der Waals surface area contributed by atoms with Crippen LogP contribution >= 0.6 is 11.6 Å². The normalized spacial score (nSPS) is 12.0. The number of carbonyl (C=O) groups is 1. The minimum absolute atomic E-state index is 0.0243. The molecule has 19 heavy (non-hydrogen) atoms. The fraction of sp³-hybridized carbons (Fsp3) is 0.500. The molecule has 0 saturated heterocycles. The summed E-state index contributed by atoms with van der Waals surface area (Å²) in [5.41, 5.74) is 2.77. The number of pyridine rings is 1. The maximum atomic E-state index is 12.1. The topological polar surface area (TPSA) is 89.3 Å². The molecule has 0 aromatic carbocycles. The Morgan fingerprint density at radius 2 is 2.32 bits per heavy atom. The zero-order valence-electron chi connectivity index (χ0n) is 11.1. The van der Waals surface area contributed by atoms with Crippen LogP contribution < -0.4 is 16.6 Å². The predicted molar refractivity (Wildman–Crippen MR) is 75.1 cm³/mol. The third-order valence-corrected chi connectivity index (χ3v) is 2.74. The average molecular weight is 287 g/mol. The molecular formula is C12H19ClN4O2. The maximum Gasteiger partial charge on any atom is 0.251 e. The Kier molecular flexibility index (Phi) is 6.55. The summed E-state index contributed by atoms with van der Waals surface area (Å²) in [7, 11) is 1.61. The average Bonchev–Trinajstić information content (AvgIpc) is 2.38. The summed E-state index contributed by atoms with van der Waals surface area (Å²) in [6, 6.07) is 3.01. The first-order chi connectivity index (χ1) is 9.10. The number of hydrazine groups is 1. The lowest BCUT2D eigenvalue weighted by Gasteiger charge is -2.17. The Bertz CT molecular complexity index is 422. The van der Waals surface area contributed by atoms with Crippen molar-refractivity contribution in [2.45, 2.75) is 25.8 Å². The smallest absolute Gasteiger partial charge is 0.251 e. The van der Waals surface area contributed by atoms with Crippen molar-refractivity contribution in [1.29, 1.82) is 0 Å². The zero-order chi connectivity index (χ0) is 14.3. The minimum Gasteiger partial charge on any atom is -0.383 e. The van der Waals surface area contributed by atoms with Crippen LogP contribution in [-0.4, -0.2) is 30.6 Å². The Hall–Kier alpha value is -1.37. The van der Waals surface area contributed by atoms with E-state index in [0.717, 1.165) is 12.8 Å². The summed E-state index contributed by atoms with van der Waals surface area (Å²) in [6.07, 6.45) is 1.81. The molecule has 0 aliphatic carbocycles. The van der Waals surface area contributed by atoms with Crippen molar-refractivity contribution < 1.29 is 9.53 Å². The highest BCUT2D eigenvalue weighted by Gasteiger charge is 2.14. The van der Waals surface area contributed by atoms with E-state index in [1.54, 1.807) is 7.11 Å². The van der Waals surface area contributed by atoms with E-state index < -0.39 is 0 Å². The number of anilines is 1. The Morgan fingerprint density at radius 3 is 2.89 bits per heavy atom. The number of nitrogen functional groups attached to an aromatic ring is 1. The highest BCUT2D eigenvalue weighted by molar-refractivity contribution is 6.29. The Balaban J connectivity index is 2.78. The lowest BCUT2D eigenvalue weighted by atomic mass is 10.1. The van der Waals surface area contributed by atoms with Crippen LogP contribution in [0.1, 0.15) is 30.1 Å². The molecule has 1 heterocycles. The third kappa shape index (κ3) is 5.02. The first-order valence-electron chi connectivity index (χ1n) is 6.04. The van der Waals surface area contributed by atoms with E-state index in [0.29, 0.717) is 18.0 Å². The lowest BCUT2D eigenvalue weighted by Crippen LogP contribution is -2.38. The molecule has 0 saturated carbocycles. The molecule has 1 aromatic heterocycles. The number of amides is 1. The molecule has 106 valence electrons. The molecule has 0 fully saturated rings. The van der Waals surface area contributed by atoms with Gasteiger partial charge < -0.3 is 15.5 Å². The summed E-state index contributed by atoms with van der Waals surface area (Å²) in [6.45, 7) is 2.52. The summed E-state index contributed by atoms with van der Waals surface area (Å²) in [5.74, 6) is 5.38. The summed E-state index contributed by atoms with van der Waals surface area (Å²) >= 11 is 5.82. The number of halogens is 1. The van der Waals surface area contributed by atoms with Crippen LogP contribution in [-0.2, 0) is 4.74 Å². The monoisotopic (exact) mass is 286 g/mol. The van der Waals surface area contributed by atoms with Gasteiger partial charge in [-0.05, 0) is 18.6 Å². The lowest BCUT2D eigenvalue weighted by molar-refractivity contribution is 0.0891. The quantitative estimate of drug-likeness (QED) is 0.402. The molecule has 0 radical (unpaired) electrons. The molecule has 4 N–H and O–H groups in total. The van der Waals surface area contributed by atoms with Gasteiger partial charge in [0.05, 0.1) is 12.6 Å². The highest BCUT2D eigenvalue weighted by atomic mass is 35.5. The molecule has 1 unspecified atom stereocenters. The van der Waals surface area contributed by atoms with Gasteiger partial charge in [0, 0.05) is 12.7 Å². The fourth-order valence-corrected chi connectivity index (χ4v) is 1.93. The van der Waals surface area contributed by atoms with Gasteiger partial charge in [-0.3, -0.25) is 4.79 Å². The molecule has 0 aliphatic rings. The van der Waals surface area contributed by atoms with Gasteiger partial charge >= 0.3 is 0 Å². The van der Waals surface area contributed by atoms with Crippen molar-refractivity contribution in [3.05, 3.63) is 22.8 Å². The van der Waals surface area contributed by atoms with Gasteiger partial charge in [-0.2, -0.15) is 0 Å². The van der Waals surface area contributed by atoms with E-state index in [2.05, 4.69) is 22.7 Å². The number of carbonyl (C=O) groups excluding carboxylic acids is 1. The number of nitrogens with zero attached hydrogens (tertiary/aromatic N) is 1. The van der Waals surface area contributed by atoms with Crippen molar-refractivity contribution in [2.24, 2.45) is 5.84 Å². The van der Waals surface area contributed by atoms with Crippen molar-refractivity contribution in [3.8, 4) is 0 Å². The van der Waals surface area contributed by atoms with Crippen LogP contribution in [0.25, 0.3) is 0 Å². The van der Waals surface area contributed by atoms with E-state index in [9.17, 15) is 4.79 Å². The molecule has 1 amide bonds. The largest absolute Gasteiger partial charge is 0.383 e. The molecule has 0 aliphatic heterocycles. The van der Waals surface area contributed by atoms with E-state index in [4.69, 9.17) is 22.2 Å². The number of nitrogens with two attached hydrogens (primary N) is 1. The molecule has 7 heteroatoms. The minimum atomic E-state index is -0.226. The third-order valence-electron chi connectivity index (χ3n) is 2.54. The van der Waals surface area contributed by atoms with Gasteiger partial charge in [0.25, 0.3) is 5.91 Å². The molecule has 6 nitrogen and oxygen atoms in total. The van der Waals surface area contributed by atoms with Crippen LogP contribution in [0, 0.1) is 0 Å². The summed E-state index contributed by atoms with van der Waals surface area (Å²) in [4.78, 5) is 16.0. The van der Waals surface area contributed by atoms with Gasteiger partial charge in [0.1, 0.15) is 11.0 Å². The SMILES string of the molecule is CCCC(COC)NC(=O)c1cc(Cl)nc(NN)c1. The second-order valence-electron chi connectivity index (χ2n) is 4.12. The van der Waals surface area contributed by atoms with Crippen LogP contribution in [0.5, 0.6) is 0 Å². The summed E-state index contributed by atoms with van der Waals surface area (Å²) in [5, 5.41) is 3.10. The first kappa shape index (κ1) is 15.7. The number of nitrogens with one attached hydrogen (secondary N) is 2. The van der Waals surface area contributed by atoms with Gasteiger partial charge in [0.2, 0.25) is 0 Å². The molecular weight excluding hydrogens is 268 g/mol. The van der Waals surface area contributed by atoms with E-state index in [1.165, 1.54) is 12.1 Å². The maximum absolute atomic E-state index is 12.1. The number of methoxy groups -OCH3 is 1. The predicted octanol–water partition coefficient (Wildman–Crippen LogP) is 1.57. The number of aromatic nitrogens is 1. The van der Waals surface area contributed by atoms with Gasteiger partial charge in [-0.1, -0.05) is 24.9 Å². The molecule has 1 rings (SSSR count). The molecule has 1 atom stereocenters. The van der Waals surface area contributed by atoms with Crippen molar-refractivity contribution >= 4 is 23.3 Å². The number of hydrogen-bond acceptors (Lipinski definition) is 5. The molecule has 0 spiro atoms. The number of rotatable bonds is 7. The Morgan fingerprint density at radius 1 is 1.58 bits per heavy atom. The van der Waals surface area contributed by atoms with Crippen molar-refractivity contribution in [3.63, 3.8) is 0 Å². The van der Waals surface area contributed by atoms with Crippen molar-refractivity contribution in [1.82, 2.24) is 10.3 Å². The van der Waals surface area contributed by atoms with Crippen LogP contribution in [0.3, 0.4) is 0 Å². The zero-order valence-corrected chi connectivity index (χ0v) is 11.8. The first-order valence-corrected chi connectivity index (χ1v) is 6.42. The van der Waals surface area contributed by atoms with Gasteiger partial charge in [-0.15, -0.1) is 0 Å². The van der Waals surface area contributed by atoms with Gasteiger partial charge in [-0.25, -0.2) is 10.8 Å². The Labute approximate surface area is 117 Å². The van der Waals surface area contributed by atoms with E-state index >= 15 is 0 Å². The van der Waals surface area contributed by atoms with Gasteiger partial charge in [0.15, 0.2) is 0 Å². The number of hydrogen-bond donors (Lipinski definition) is 3. The molecule has 1 aromatic rings. The second-order valence-corrected chi connectivity index (χ2v) is 4.51. The highest BCUT2D eigenvalue weighted by Crippen LogP contribution is 2.14. The number of ether oxygens (including phenoxy) is 1. The van der Waals surface area contributed by atoms with E-state index in [-0.39, 0.29) is 17.1 Å². The molecule has 0 bridgehead atoms.